The van der Waals surface area contributed by atoms with Gasteiger partial charge in [-0.15, -0.1) is 0 Å². The zero-order valence-electron chi connectivity index (χ0n) is 7.71. The Morgan fingerprint density at radius 1 is 1.20 bits per heavy atom. The van der Waals surface area contributed by atoms with Gasteiger partial charge in [0, 0.05) is 11.6 Å². The molecule has 0 fully saturated rings. The number of nitrogens with zero attached hydrogens (tertiary/aromatic N) is 1. The summed E-state index contributed by atoms with van der Waals surface area (Å²) in [5, 5.41) is 4.88. The quantitative estimate of drug-likeness (QED) is 0.881. The van der Waals surface area contributed by atoms with Crippen LogP contribution in [0.1, 0.15) is 5.76 Å². The van der Waals surface area contributed by atoms with E-state index < -0.39 is 0 Å². The Balaban J connectivity index is 2.40. The average Bonchev–Trinajstić information content (AvgIpc) is 2.70. The zero-order valence-corrected chi connectivity index (χ0v) is 9.22. The van der Waals surface area contributed by atoms with Gasteiger partial charge >= 0.3 is 0 Å². The van der Waals surface area contributed by atoms with Gasteiger partial charge in [-0.2, -0.15) is 0 Å². The number of hydrogen-bond acceptors (Lipinski definition) is 3. The predicted octanol–water partition coefficient (Wildman–Crippen LogP) is 3.11. The van der Waals surface area contributed by atoms with Crippen molar-refractivity contribution in [2.24, 2.45) is 5.73 Å². The van der Waals surface area contributed by atoms with Gasteiger partial charge in [0.1, 0.15) is 5.69 Å². The Hall–Kier alpha value is -1.03. The number of nitrogens with two attached hydrogens (primary N) is 1. The van der Waals surface area contributed by atoms with Crippen LogP contribution in [0.3, 0.4) is 0 Å². The SMILES string of the molecule is NCc1cc(-c2ccc(Cl)c(Cl)c2)no1. The first-order valence-corrected chi connectivity index (χ1v) is 5.07. The molecule has 1 aromatic carbocycles. The summed E-state index contributed by atoms with van der Waals surface area (Å²) in [4.78, 5) is 0. The van der Waals surface area contributed by atoms with E-state index in [0.717, 1.165) is 5.56 Å². The fraction of sp³-hybridized carbons (Fsp3) is 0.100. The molecule has 0 spiro atoms. The number of aromatic nitrogens is 1. The molecule has 2 rings (SSSR count). The molecule has 0 aliphatic carbocycles. The average molecular weight is 243 g/mol. The van der Waals surface area contributed by atoms with Crippen molar-refractivity contribution in [2.45, 2.75) is 6.54 Å². The van der Waals surface area contributed by atoms with Gasteiger partial charge in [0.2, 0.25) is 0 Å². The minimum Gasteiger partial charge on any atom is -0.359 e. The molecule has 0 amide bonds. The molecule has 0 saturated carbocycles. The van der Waals surface area contributed by atoms with Crippen LogP contribution in [0.5, 0.6) is 0 Å². The lowest BCUT2D eigenvalue weighted by Gasteiger charge is -1.98. The van der Waals surface area contributed by atoms with E-state index in [1.54, 1.807) is 18.2 Å². The molecule has 0 radical (unpaired) electrons. The first-order valence-electron chi connectivity index (χ1n) is 4.32. The Morgan fingerprint density at radius 2 is 2.00 bits per heavy atom. The van der Waals surface area contributed by atoms with E-state index in [1.807, 2.05) is 6.07 Å². The fourth-order valence-electron chi connectivity index (χ4n) is 1.20. The third-order valence-electron chi connectivity index (χ3n) is 1.98. The summed E-state index contributed by atoms with van der Waals surface area (Å²) in [5.41, 5.74) is 6.97. The standard InChI is InChI=1S/C10H8Cl2N2O/c11-8-2-1-6(3-9(8)12)10-4-7(5-13)15-14-10/h1-4H,5,13H2. The van der Waals surface area contributed by atoms with Gasteiger partial charge in [0.15, 0.2) is 5.76 Å². The molecule has 0 unspecified atom stereocenters. The first kappa shape index (κ1) is 10.5. The fourth-order valence-corrected chi connectivity index (χ4v) is 1.50. The van der Waals surface area contributed by atoms with Crippen molar-refractivity contribution in [3.63, 3.8) is 0 Å². The van der Waals surface area contributed by atoms with Gasteiger partial charge in [-0.05, 0) is 12.1 Å². The largest absolute Gasteiger partial charge is 0.359 e. The molecule has 15 heavy (non-hydrogen) atoms. The maximum Gasteiger partial charge on any atom is 0.150 e. The summed E-state index contributed by atoms with van der Waals surface area (Å²) in [6.07, 6.45) is 0. The topological polar surface area (TPSA) is 52.0 Å². The van der Waals surface area contributed by atoms with Crippen molar-refractivity contribution < 1.29 is 4.52 Å². The molecule has 78 valence electrons. The van der Waals surface area contributed by atoms with E-state index in [0.29, 0.717) is 28.0 Å². The van der Waals surface area contributed by atoms with Crippen molar-refractivity contribution in [3.05, 3.63) is 40.1 Å². The molecule has 0 aliphatic heterocycles. The lowest BCUT2D eigenvalue weighted by molar-refractivity contribution is 0.387. The number of benzene rings is 1. The molecule has 0 saturated heterocycles. The van der Waals surface area contributed by atoms with Crippen LogP contribution in [0.2, 0.25) is 10.0 Å². The highest BCUT2D eigenvalue weighted by molar-refractivity contribution is 6.42. The van der Waals surface area contributed by atoms with Gasteiger partial charge in [0.05, 0.1) is 16.6 Å². The number of halogens is 2. The normalized spacial score (nSPS) is 10.6. The third-order valence-corrected chi connectivity index (χ3v) is 2.71. The summed E-state index contributed by atoms with van der Waals surface area (Å²) in [5.74, 6) is 0.635. The van der Waals surface area contributed by atoms with Gasteiger partial charge in [-0.25, -0.2) is 0 Å². The van der Waals surface area contributed by atoms with Gasteiger partial charge < -0.3 is 10.3 Å². The van der Waals surface area contributed by atoms with Crippen molar-refractivity contribution >= 4 is 23.2 Å². The molecule has 5 heteroatoms. The summed E-state index contributed by atoms with van der Waals surface area (Å²) in [6.45, 7) is 0.328. The van der Waals surface area contributed by atoms with E-state index in [-0.39, 0.29) is 0 Å². The van der Waals surface area contributed by atoms with Crippen LogP contribution in [-0.4, -0.2) is 5.16 Å². The van der Waals surface area contributed by atoms with E-state index in [1.165, 1.54) is 0 Å². The minimum absolute atomic E-state index is 0.328. The summed E-state index contributed by atoms with van der Waals surface area (Å²) in [6, 6.07) is 7.06. The monoisotopic (exact) mass is 242 g/mol. The van der Waals surface area contributed by atoms with Crippen LogP contribution in [0.4, 0.5) is 0 Å². The van der Waals surface area contributed by atoms with Crippen LogP contribution < -0.4 is 5.73 Å². The van der Waals surface area contributed by atoms with Crippen molar-refractivity contribution in [1.82, 2.24) is 5.16 Å². The Morgan fingerprint density at radius 3 is 2.60 bits per heavy atom. The molecular formula is C10H8Cl2N2O. The van der Waals surface area contributed by atoms with Gasteiger partial charge in [-0.1, -0.05) is 34.4 Å². The third kappa shape index (κ3) is 2.15. The van der Waals surface area contributed by atoms with E-state index in [4.69, 9.17) is 33.5 Å². The molecular weight excluding hydrogens is 235 g/mol. The lowest BCUT2D eigenvalue weighted by Crippen LogP contribution is -1.92. The van der Waals surface area contributed by atoms with E-state index in [2.05, 4.69) is 5.16 Å². The first-order chi connectivity index (χ1) is 7.20. The molecule has 0 atom stereocenters. The molecule has 1 heterocycles. The summed E-state index contributed by atoms with van der Waals surface area (Å²) < 4.78 is 4.99. The summed E-state index contributed by atoms with van der Waals surface area (Å²) >= 11 is 11.7. The zero-order chi connectivity index (χ0) is 10.8. The second-order valence-corrected chi connectivity index (χ2v) is 3.83. The molecule has 2 N–H and O–H groups in total. The summed E-state index contributed by atoms with van der Waals surface area (Å²) in [7, 11) is 0. The van der Waals surface area contributed by atoms with Gasteiger partial charge in [-0.3, -0.25) is 0 Å². The molecule has 3 nitrogen and oxygen atoms in total. The molecule has 1 aromatic heterocycles. The maximum atomic E-state index is 5.89. The van der Waals surface area contributed by atoms with Crippen LogP contribution in [-0.2, 0) is 6.54 Å². The van der Waals surface area contributed by atoms with Crippen molar-refractivity contribution in [2.75, 3.05) is 0 Å². The maximum absolute atomic E-state index is 5.89. The molecule has 0 bridgehead atoms. The smallest absolute Gasteiger partial charge is 0.150 e. The lowest BCUT2D eigenvalue weighted by atomic mass is 10.1. The Kier molecular flexibility index (Phi) is 2.95. The number of hydrogen-bond donors (Lipinski definition) is 1. The highest BCUT2D eigenvalue weighted by atomic mass is 35.5. The Bertz CT molecular complexity index is 482. The number of rotatable bonds is 2. The van der Waals surface area contributed by atoms with Crippen LogP contribution in [0.15, 0.2) is 28.8 Å². The predicted molar refractivity (Wildman–Crippen MR) is 59.9 cm³/mol. The van der Waals surface area contributed by atoms with Crippen LogP contribution in [0, 0.1) is 0 Å². The molecule has 0 aliphatic rings. The Labute approximate surface area is 96.8 Å². The highest BCUT2D eigenvalue weighted by Gasteiger charge is 2.07. The van der Waals surface area contributed by atoms with Crippen molar-refractivity contribution in [3.8, 4) is 11.3 Å². The second-order valence-electron chi connectivity index (χ2n) is 3.01. The van der Waals surface area contributed by atoms with Crippen molar-refractivity contribution in [1.29, 1.82) is 0 Å². The van der Waals surface area contributed by atoms with Gasteiger partial charge in [0.25, 0.3) is 0 Å². The second kappa shape index (κ2) is 4.23. The van der Waals surface area contributed by atoms with Crippen LogP contribution in [0.25, 0.3) is 11.3 Å². The molecule has 2 aromatic rings. The van der Waals surface area contributed by atoms with E-state index in [9.17, 15) is 0 Å². The minimum atomic E-state index is 0.328. The van der Waals surface area contributed by atoms with Crippen LogP contribution >= 0.6 is 23.2 Å². The highest BCUT2D eigenvalue weighted by Crippen LogP contribution is 2.28. The van der Waals surface area contributed by atoms with E-state index >= 15 is 0 Å².